The van der Waals surface area contributed by atoms with Crippen molar-refractivity contribution in [3.8, 4) is 0 Å². The summed E-state index contributed by atoms with van der Waals surface area (Å²) in [6.07, 6.45) is 1.79. The van der Waals surface area contributed by atoms with Gasteiger partial charge in [0.15, 0.2) is 5.71 Å². The van der Waals surface area contributed by atoms with E-state index in [0.717, 1.165) is 5.56 Å². The lowest BCUT2D eigenvalue weighted by molar-refractivity contribution is 0.106. The maximum atomic E-state index is 12.6. The van der Waals surface area contributed by atoms with Crippen molar-refractivity contribution in [1.82, 2.24) is 0 Å². The lowest BCUT2D eigenvalue weighted by Crippen LogP contribution is -2.23. The highest BCUT2D eigenvalue weighted by atomic mass is 35.5. The number of halogens is 1. The second-order valence-corrected chi connectivity index (χ2v) is 6.24. The van der Waals surface area contributed by atoms with Gasteiger partial charge in [-0.3, -0.25) is 9.79 Å². The van der Waals surface area contributed by atoms with E-state index in [-0.39, 0.29) is 11.8 Å². The third kappa shape index (κ3) is 4.46. The fourth-order valence-corrected chi connectivity index (χ4v) is 2.83. The minimum atomic E-state index is -0.400. The highest BCUT2D eigenvalue weighted by Gasteiger charge is 2.21. The Labute approximate surface area is 150 Å². The summed E-state index contributed by atoms with van der Waals surface area (Å²) in [7, 11) is 0. The second-order valence-electron chi connectivity index (χ2n) is 5.01. The number of thioether (sulfide) groups is 1. The first-order valence-corrected chi connectivity index (χ1v) is 8.86. The molecule has 4 nitrogen and oxygen atoms in total. The quantitative estimate of drug-likeness (QED) is 0.272. The first-order valence-electron chi connectivity index (χ1n) is 7.26. The molecule has 0 fully saturated rings. The van der Waals surface area contributed by atoms with E-state index in [1.165, 1.54) is 11.8 Å². The van der Waals surface area contributed by atoms with E-state index < -0.39 is 5.78 Å². The van der Waals surface area contributed by atoms with Crippen LogP contribution in [-0.4, -0.2) is 28.0 Å². The zero-order valence-corrected chi connectivity index (χ0v) is 14.9. The first-order chi connectivity index (χ1) is 11.6. The van der Waals surface area contributed by atoms with Gasteiger partial charge in [-0.1, -0.05) is 47.1 Å². The van der Waals surface area contributed by atoms with Crippen molar-refractivity contribution in [2.45, 2.75) is 13.0 Å². The van der Waals surface area contributed by atoms with E-state index >= 15 is 0 Å². The van der Waals surface area contributed by atoms with Crippen molar-refractivity contribution in [1.29, 1.82) is 0 Å². The number of carbonyl (C=O) groups is 1. The number of hydrogen-bond donors (Lipinski definition) is 1. The number of nitrogens with zero attached hydrogens (tertiary/aromatic N) is 2. The van der Waals surface area contributed by atoms with Crippen LogP contribution in [0.3, 0.4) is 0 Å². The number of ketones is 1. The molecule has 2 aromatic rings. The summed E-state index contributed by atoms with van der Waals surface area (Å²) in [5, 5.41) is 13.4. The number of hydrogen-bond acceptors (Lipinski definition) is 5. The van der Waals surface area contributed by atoms with Gasteiger partial charge >= 0.3 is 0 Å². The van der Waals surface area contributed by atoms with Crippen LogP contribution in [0.4, 0.5) is 0 Å². The van der Waals surface area contributed by atoms with Crippen LogP contribution in [0.1, 0.15) is 28.9 Å². The average Bonchev–Trinajstić information content (AvgIpc) is 2.62. The van der Waals surface area contributed by atoms with Crippen molar-refractivity contribution in [2.24, 2.45) is 10.1 Å². The Kier molecular flexibility index (Phi) is 6.58. The highest BCUT2D eigenvalue weighted by Crippen LogP contribution is 2.20. The van der Waals surface area contributed by atoms with Crippen LogP contribution >= 0.6 is 23.4 Å². The number of carbonyl (C=O) groups excluding carboxylic acids is 1. The SMILES string of the molecule is CSC(=NC(C)c1ccccc1)/C(=N/O)C(=O)c1ccc(Cl)cc1. The van der Waals surface area contributed by atoms with Crippen molar-refractivity contribution in [3.63, 3.8) is 0 Å². The van der Waals surface area contributed by atoms with Gasteiger partial charge in [0.2, 0.25) is 5.78 Å². The fraction of sp³-hybridized carbons (Fsp3) is 0.167. The molecule has 1 unspecified atom stereocenters. The molecule has 2 aromatic carbocycles. The second kappa shape index (κ2) is 8.66. The molecule has 0 aliphatic heterocycles. The van der Waals surface area contributed by atoms with Gasteiger partial charge in [-0.25, -0.2) is 0 Å². The van der Waals surface area contributed by atoms with Gasteiger partial charge < -0.3 is 5.21 Å². The molecule has 0 spiro atoms. The standard InChI is InChI=1S/C18H17ClN2O2S/c1-12(13-6-4-3-5-7-13)20-18(24-2)16(21-23)17(22)14-8-10-15(19)11-9-14/h3-12,23H,1-2H3/b20-18?,21-16+. The number of Topliss-reactive ketones (excluding diaryl/α,β-unsaturated/α-hetero) is 1. The van der Waals surface area contributed by atoms with E-state index in [2.05, 4.69) is 10.1 Å². The van der Waals surface area contributed by atoms with Crippen molar-refractivity contribution < 1.29 is 10.0 Å². The van der Waals surface area contributed by atoms with Crippen LogP contribution in [0.2, 0.25) is 5.02 Å². The normalized spacial score (nSPS) is 13.6. The molecule has 124 valence electrons. The lowest BCUT2D eigenvalue weighted by atomic mass is 10.1. The summed E-state index contributed by atoms with van der Waals surface area (Å²) in [5.74, 6) is -0.400. The molecule has 0 amide bonds. The number of aliphatic imine (C=N–C) groups is 1. The predicted octanol–water partition coefficient (Wildman–Crippen LogP) is 4.88. The molecular weight excluding hydrogens is 344 g/mol. The van der Waals surface area contributed by atoms with Crippen molar-refractivity contribution >= 4 is 39.9 Å². The smallest absolute Gasteiger partial charge is 0.217 e. The lowest BCUT2D eigenvalue weighted by Gasteiger charge is -2.11. The van der Waals surface area contributed by atoms with Gasteiger partial charge in [0, 0.05) is 10.6 Å². The third-order valence-electron chi connectivity index (χ3n) is 3.41. The van der Waals surface area contributed by atoms with Gasteiger partial charge in [0.25, 0.3) is 0 Å². The molecular formula is C18H17ClN2O2S. The van der Waals surface area contributed by atoms with Gasteiger partial charge in [-0.2, -0.15) is 0 Å². The van der Waals surface area contributed by atoms with Gasteiger partial charge in [0.1, 0.15) is 5.04 Å². The molecule has 0 bridgehead atoms. The molecule has 0 radical (unpaired) electrons. The Hall–Kier alpha value is -2.11. The van der Waals surface area contributed by atoms with E-state index in [1.54, 1.807) is 30.5 Å². The predicted molar refractivity (Wildman–Crippen MR) is 101 cm³/mol. The Morgan fingerprint density at radius 2 is 1.75 bits per heavy atom. The van der Waals surface area contributed by atoms with Crippen LogP contribution in [0.15, 0.2) is 64.7 Å². The molecule has 0 aromatic heterocycles. The summed E-state index contributed by atoms with van der Waals surface area (Å²) in [5.41, 5.74) is 1.33. The van der Waals surface area contributed by atoms with Crippen LogP contribution in [-0.2, 0) is 0 Å². The number of rotatable bonds is 5. The Morgan fingerprint density at radius 3 is 2.29 bits per heavy atom. The minimum absolute atomic E-state index is 0.0763. The maximum Gasteiger partial charge on any atom is 0.217 e. The monoisotopic (exact) mass is 360 g/mol. The van der Waals surface area contributed by atoms with Gasteiger partial charge in [-0.05, 0) is 43.0 Å². The Bertz CT molecular complexity index is 758. The molecule has 1 atom stereocenters. The molecule has 0 aliphatic carbocycles. The molecule has 0 aliphatic rings. The van der Waals surface area contributed by atoms with E-state index in [1.807, 2.05) is 37.3 Å². The topological polar surface area (TPSA) is 62.0 Å². The molecule has 2 rings (SSSR count). The van der Waals surface area contributed by atoms with Crippen LogP contribution in [0.5, 0.6) is 0 Å². The zero-order valence-electron chi connectivity index (χ0n) is 13.3. The summed E-state index contributed by atoms with van der Waals surface area (Å²) >= 11 is 7.10. The number of oxime groups is 1. The van der Waals surface area contributed by atoms with E-state index in [0.29, 0.717) is 15.6 Å². The third-order valence-corrected chi connectivity index (χ3v) is 4.35. The average molecular weight is 361 g/mol. The summed E-state index contributed by atoms with van der Waals surface area (Å²) in [4.78, 5) is 17.1. The van der Waals surface area contributed by atoms with Crippen LogP contribution < -0.4 is 0 Å². The van der Waals surface area contributed by atoms with E-state index in [9.17, 15) is 10.0 Å². The van der Waals surface area contributed by atoms with Crippen LogP contribution in [0, 0.1) is 0 Å². The van der Waals surface area contributed by atoms with E-state index in [4.69, 9.17) is 11.6 Å². The van der Waals surface area contributed by atoms with Crippen LogP contribution in [0.25, 0.3) is 0 Å². The molecule has 6 heteroatoms. The molecule has 0 saturated heterocycles. The molecule has 0 saturated carbocycles. The zero-order chi connectivity index (χ0) is 17.5. The summed E-state index contributed by atoms with van der Waals surface area (Å²) in [6, 6.07) is 16.0. The summed E-state index contributed by atoms with van der Waals surface area (Å²) in [6.45, 7) is 1.92. The largest absolute Gasteiger partial charge is 0.410 e. The van der Waals surface area contributed by atoms with Gasteiger partial charge in [0.05, 0.1) is 6.04 Å². The first kappa shape index (κ1) is 18.2. The van der Waals surface area contributed by atoms with Crippen molar-refractivity contribution in [2.75, 3.05) is 6.26 Å². The highest BCUT2D eigenvalue weighted by molar-refractivity contribution is 8.15. The molecule has 1 N–H and O–H groups in total. The maximum absolute atomic E-state index is 12.6. The summed E-state index contributed by atoms with van der Waals surface area (Å²) < 4.78 is 0. The minimum Gasteiger partial charge on any atom is -0.410 e. The fourth-order valence-electron chi connectivity index (χ4n) is 2.12. The number of benzene rings is 2. The van der Waals surface area contributed by atoms with Crippen molar-refractivity contribution in [3.05, 3.63) is 70.7 Å². The Balaban J connectivity index is 2.31. The molecule has 0 heterocycles. The van der Waals surface area contributed by atoms with Gasteiger partial charge in [-0.15, -0.1) is 11.8 Å². The Morgan fingerprint density at radius 1 is 1.12 bits per heavy atom. The molecule has 24 heavy (non-hydrogen) atoms.